The molecule has 0 atom stereocenters. The number of aliphatic carboxylic acids is 2. The van der Waals surface area contributed by atoms with Gasteiger partial charge < -0.3 is 45.6 Å². The zero-order valence-electron chi connectivity index (χ0n) is 12.1. The van der Waals surface area contributed by atoms with Crippen molar-refractivity contribution in [2.45, 2.75) is 14.9 Å². The van der Waals surface area contributed by atoms with Gasteiger partial charge in [0, 0.05) is 0 Å². The standard InChI is InChI=1S/C4H6O5.C4H4O4.C2H4O3.2CH4.2H2O/c5-1-4(8)9-2-3(6)7;5-3-1-7-4(6)2-8-3;3-1-2(4)5;;;;/h5H,1-2H2,(H,6,7);1-2H2;3H,1H2,(H,4,5);2*1H4;2*1H2. The molecule has 0 amide bonds. The third kappa shape index (κ3) is 33.0. The molecule has 0 aromatic heterocycles. The summed E-state index contributed by atoms with van der Waals surface area (Å²) in [5.74, 6) is -4.33. The first-order valence-corrected chi connectivity index (χ1v) is 5.35. The van der Waals surface area contributed by atoms with Crippen LogP contribution in [0.2, 0.25) is 0 Å². The minimum atomic E-state index is -1.24. The smallest absolute Gasteiger partial charge is 0.344 e. The molecule has 158 valence electrons. The Morgan fingerprint density at radius 2 is 1.19 bits per heavy atom. The summed E-state index contributed by atoms with van der Waals surface area (Å²) in [4.78, 5) is 49.0. The molecule has 0 saturated carbocycles. The van der Waals surface area contributed by atoms with E-state index in [1.807, 2.05) is 0 Å². The zero-order chi connectivity index (χ0) is 17.5. The molecule has 1 aliphatic heterocycles. The summed E-state index contributed by atoms with van der Waals surface area (Å²) in [6, 6.07) is 0. The van der Waals surface area contributed by atoms with E-state index in [9.17, 15) is 19.2 Å². The molecule has 1 rings (SSSR count). The quantitative estimate of drug-likeness (QED) is 0.266. The molecular formula is C12H26O14. The third-order valence-corrected chi connectivity index (χ3v) is 1.32. The van der Waals surface area contributed by atoms with Gasteiger partial charge in [-0.1, -0.05) is 14.9 Å². The minimum Gasteiger partial charge on any atom is -0.480 e. The van der Waals surface area contributed by atoms with Crippen molar-refractivity contribution >= 4 is 29.8 Å². The van der Waals surface area contributed by atoms with Gasteiger partial charge in [0.1, 0.15) is 13.2 Å². The maximum Gasteiger partial charge on any atom is 0.344 e. The molecule has 0 bridgehead atoms. The Kier molecular flexibility index (Phi) is 36.3. The number of carboxylic acids is 2. The SMILES string of the molecule is C.C.O.O.O=C(O)CO.O=C(O)COC(=O)CO.O=C1COC(=O)CO1. The molecule has 14 heteroatoms. The fourth-order valence-corrected chi connectivity index (χ4v) is 0.550. The largest absolute Gasteiger partial charge is 0.480 e. The molecule has 0 aliphatic carbocycles. The first-order valence-electron chi connectivity index (χ1n) is 5.35. The first-order chi connectivity index (χ1) is 10.2. The predicted octanol–water partition coefficient (Wildman–Crippen LogP) is -3.62. The third-order valence-electron chi connectivity index (χ3n) is 1.32. The summed E-state index contributed by atoms with van der Waals surface area (Å²) in [5, 5.41) is 30.9. The Morgan fingerprint density at radius 1 is 0.846 bits per heavy atom. The average molecular weight is 394 g/mol. The van der Waals surface area contributed by atoms with Crippen molar-refractivity contribution in [2.24, 2.45) is 0 Å². The fourth-order valence-electron chi connectivity index (χ4n) is 0.550. The molecule has 0 radical (unpaired) electrons. The summed E-state index contributed by atoms with van der Waals surface area (Å²) in [7, 11) is 0. The van der Waals surface area contributed by atoms with Crippen LogP contribution in [0, 0.1) is 0 Å². The van der Waals surface area contributed by atoms with Gasteiger partial charge in [-0.15, -0.1) is 0 Å². The van der Waals surface area contributed by atoms with Crippen LogP contribution in [0.5, 0.6) is 0 Å². The van der Waals surface area contributed by atoms with Crippen LogP contribution in [0.15, 0.2) is 0 Å². The van der Waals surface area contributed by atoms with Crippen LogP contribution in [-0.4, -0.2) is 94.3 Å². The lowest BCUT2D eigenvalue weighted by atomic mass is 10.6. The Labute approximate surface area is 148 Å². The number of esters is 3. The van der Waals surface area contributed by atoms with Crippen LogP contribution < -0.4 is 0 Å². The number of hydrogen-bond donors (Lipinski definition) is 4. The average Bonchev–Trinajstić information content (AvgIpc) is 2.49. The predicted molar refractivity (Wildman–Crippen MR) is 83.0 cm³/mol. The molecule has 0 aromatic carbocycles. The van der Waals surface area contributed by atoms with Crippen LogP contribution >= 0.6 is 0 Å². The monoisotopic (exact) mass is 394 g/mol. The molecule has 14 nitrogen and oxygen atoms in total. The van der Waals surface area contributed by atoms with E-state index in [4.69, 9.17) is 25.2 Å². The molecule has 1 heterocycles. The first kappa shape index (κ1) is 38.6. The molecule has 1 fully saturated rings. The highest BCUT2D eigenvalue weighted by Gasteiger charge is 2.16. The van der Waals surface area contributed by atoms with Gasteiger partial charge in [-0.2, -0.15) is 0 Å². The highest BCUT2D eigenvalue weighted by Crippen LogP contribution is 1.90. The van der Waals surface area contributed by atoms with Crippen LogP contribution in [0.25, 0.3) is 0 Å². The Bertz CT molecular complexity index is 377. The maximum atomic E-state index is 10.1. The van der Waals surface area contributed by atoms with Crippen molar-refractivity contribution in [3.63, 3.8) is 0 Å². The Balaban J connectivity index is -0.0000000553. The second-order valence-electron chi connectivity index (χ2n) is 3.09. The molecule has 0 spiro atoms. The van der Waals surface area contributed by atoms with Crippen LogP contribution in [-0.2, 0) is 38.2 Å². The van der Waals surface area contributed by atoms with Crippen molar-refractivity contribution in [2.75, 3.05) is 33.0 Å². The zero-order valence-corrected chi connectivity index (χ0v) is 12.1. The van der Waals surface area contributed by atoms with Gasteiger partial charge in [0.25, 0.3) is 0 Å². The van der Waals surface area contributed by atoms with E-state index in [2.05, 4.69) is 14.2 Å². The van der Waals surface area contributed by atoms with Crippen molar-refractivity contribution in [3.8, 4) is 0 Å². The van der Waals surface area contributed by atoms with E-state index in [0.29, 0.717) is 0 Å². The summed E-state index contributed by atoms with van der Waals surface area (Å²) in [6.45, 7) is -2.73. The molecule has 8 N–H and O–H groups in total. The molecular weight excluding hydrogens is 368 g/mol. The highest BCUT2D eigenvalue weighted by atomic mass is 16.6. The van der Waals surface area contributed by atoms with E-state index >= 15 is 0 Å². The van der Waals surface area contributed by atoms with Gasteiger partial charge in [0.15, 0.2) is 19.8 Å². The van der Waals surface area contributed by atoms with E-state index in [1.165, 1.54) is 0 Å². The summed E-state index contributed by atoms with van der Waals surface area (Å²) < 4.78 is 12.5. The van der Waals surface area contributed by atoms with Crippen molar-refractivity contribution in [3.05, 3.63) is 0 Å². The van der Waals surface area contributed by atoms with Gasteiger partial charge in [0.05, 0.1) is 0 Å². The van der Waals surface area contributed by atoms with E-state index in [1.54, 1.807) is 0 Å². The van der Waals surface area contributed by atoms with Crippen LogP contribution in [0.1, 0.15) is 14.9 Å². The number of ether oxygens (including phenoxy) is 3. The Hall–Kier alpha value is -2.81. The fraction of sp³-hybridized carbons (Fsp3) is 0.583. The summed E-state index contributed by atoms with van der Waals surface area (Å²) >= 11 is 0. The van der Waals surface area contributed by atoms with Gasteiger partial charge in [-0.25, -0.2) is 24.0 Å². The van der Waals surface area contributed by atoms with Crippen LogP contribution in [0.4, 0.5) is 0 Å². The lowest BCUT2D eigenvalue weighted by molar-refractivity contribution is -0.174. The van der Waals surface area contributed by atoms with Gasteiger partial charge in [-0.3, -0.25) is 0 Å². The highest BCUT2D eigenvalue weighted by molar-refractivity contribution is 5.82. The number of cyclic esters (lactones) is 2. The van der Waals surface area contributed by atoms with Gasteiger partial charge in [-0.05, 0) is 0 Å². The number of hydrogen-bond acceptors (Lipinski definition) is 10. The van der Waals surface area contributed by atoms with Crippen LogP contribution in [0.3, 0.4) is 0 Å². The molecule has 0 unspecified atom stereocenters. The summed E-state index contributed by atoms with van der Waals surface area (Å²) in [6.07, 6.45) is 0. The number of carbonyl (C=O) groups is 5. The van der Waals surface area contributed by atoms with Crippen molar-refractivity contribution in [1.82, 2.24) is 0 Å². The molecule has 1 saturated heterocycles. The second kappa shape index (κ2) is 24.4. The van der Waals surface area contributed by atoms with E-state index < -0.39 is 49.7 Å². The number of aliphatic hydroxyl groups is 2. The van der Waals surface area contributed by atoms with Crippen molar-refractivity contribution in [1.29, 1.82) is 0 Å². The molecule has 26 heavy (non-hydrogen) atoms. The second-order valence-corrected chi connectivity index (χ2v) is 3.09. The maximum absolute atomic E-state index is 10.1. The summed E-state index contributed by atoms with van der Waals surface area (Å²) in [5.41, 5.74) is 0. The number of carbonyl (C=O) groups excluding carboxylic acids is 3. The van der Waals surface area contributed by atoms with E-state index in [0.717, 1.165) is 0 Å². The van der Waals surface area contributed by atoms with Crippen molar-refractivity contribution < 1.29 is 69.6 Å². The Morgan fingerprint density at radius 3 is 1.38 bits per heavy atom. The van der Waals surface area contributed by atoms with Gasteiger partial charge in [0.2, 0.25) is 0 Å². The molecule has 1 aliphatic rings. The number of aliphatic hydroxyl groups excluding tert-OH is 2. The lowest BCUT2D eigenvalue weighted by Gasteiger charge is -2.09. The lowest BCUT2D eigenvalue weighted by Crippen LogP contribution is -2.27. The molecule has 0 aromatic rings. The number of carboxylic acid groups (broad SMARTS) is 2. The van der Waals surface area contributed by atoms with Gasteiger partial charge >= 0.3 is 29.8 Å². The normalized spacial score (nSPS) is 10.4. The number of rotatable bonds is 4. The van der Waals surface area contributed by atoms with E-state index in [-0.39, 0.29) is 39.0 Å². The topological polar surface area (TPSA) is 257 Å². The minimum absolute atomic E-state index is 0.